The van der Waals surface area contributed by atoms with Crippen LogP contribution in [0.1, 0.15) is 10.4 Å². The molecule has 0 N–H and O–H groups in total. The lowest BCUT2D eigenvalue weighted by atomic mass is 10.1. The standard InChI is InChI=1S/C13H14N2O4/c1-17-10-4-8(5-11(18-2)12(10)19-3)13(16)15-7-9(15)6-14/h4-5,9H,7H2,1-3H3. The number of ether oxygens (including phenoxy) is 3. The zero-order chi connectivity index (χ0) is 14.0. The summed E-state index contributed by atoms with van der Waals surface area (Å²) >= 11 is 0. The topological polar surface area (TPSA) is 71.6 Å². The molecule has 100 valence electrons. The largest absolute Gasteiger partial charge is 0.493 e. The van der Waals surface area contributed by atoms with Crippen LogP contribution in [0.3, 0.4) is 0 Å². The van der Waals surface area contributed by atoms with Crippen LogP contribution in [0.2, 0.25) is 0 Å². The zero-order valence-electron chi connectivity index (χ0n) is 11.0. The second kappa shape index (κ2) is 5.06. The lowest BCUT2D eigenvalue weighted by Gasteiger charge is -2.13. The summed E-state index contributed by atoms with van der Waals surface area (Å²) in [6, 6.07) is 4.87. The highest BCUT2D eigenvalue weighted by molar-refractivity contribution is 5.97. The van der Waals surface area contributed by atoms with E-state index in [-0.39, 0.29) is 11.9 Å². The number of hydrogen-bond acceptors (Lipinski definition) is 5. The maximum atomic E-state index is 12.1. The molecule has 1 unspecified atom stereocenters. The Morgan fingerprint density at radius 2 is 1.84 bits per heavy atom. The molecule has 2 rings (SSSR count). The lowest BCUT2D eigenvalue weighted by Crippen LogP contribution is -2.13. The van der Waals surface area contributed by atoms with E-state index in [2.05, 4.69) is 0 Å². The van der Waals surface area contributed by atoms with Crippen LogP contribution in [-0.2, 0) is 0 Å². The molecule has 1 amide bonds. The molecule has 1 heterocycles. The average molecular weight is 262 g/mol. The summed E-state index contributed by atoms with van der Waals surface area (Å²) < 4.78 is 15.5. The minimum Gasteiger partial charge on any atom is -0.493 e. The van der Waals surface area contributed by atoms with Gasteiger partial charge in [-0.2, -0.15) is 5.26 Å². The maximum Gasteiger partial charge on any atom is 0.255 e. The summed E-state index contributed by atoms with van der Waals surface area (Å²) in [4.78, 5) is 13.6. The van der Waals surface area contributed by atoms with Crippen LogP contribution in [0.5, 0.6) is 17.2 Å². The molecular formula is C13H14N2O4. The molecule has 0 aliphatic carbocycles. The van der Waals surface area contributed by atoms with Crippen molar-refractivity contribution in [1.82, 2.24) is 4.90 Å². The monoisotopic (exact) mass is 262 g/mol. The number of amides is 1. The van der Waals surface area contributed by atoms with E-state index >= 15 is 0 Å². The molecule has 1 saturated heterocycles. The van der Waals surface area contributed by atoms with E-state index < -0.39 is 0 Å². The Morgan fingerprint density at radius 1 is 1.26 bits per heavy atom. The highest BCUT2D eigenvalue weighted by Crippen LogP contribution is 2.39. The third-order valence-electron chi connectivity index (χ3n) is 2.93. The number of methoxy groups -OCH3 is 3. The molecule has 1 aliphatic heterocycles. The van der Waals surface area contributed by atoms with Crippen LogP contribution in [0.25, 0.3) is 0 Å². The van der Waals surface area contributed by atoms with Gasteiger partial charge in [0.15, 0.2) is 11.5 Å². The summed E-state index contributed by atoms with van der Waals surface area (Å²) in [5.74, 6) is 1.05. The zero-order valence-corrected chi connectivity index (χ0v) is 11.0. The average Bonchev–Trinajstić information content (AvgIpc) is 3.24. The fourth-order valence-electron chi connectivity index (χ4n) is 1.84. The van der Waals surface area contributed by atoms with Crippen molar-refractivity contribution in [2.24, 2.45) is 0 Å². The Kier molecular flexibility index (Phi) is 3.47. The van der Waals surface area contributed by atoms with Gasteiger partial charge in [0, 0.05) is 5.56 Å². The van der Waals surface area contributed by atoms with Crippen LogP contribution < -0.4 is 14.2 Å². The minimum atomic E-state index is -0.327. The van der Waals surface area contributed by atoms with Crippen LogP contribution in [0, 0.1) is 11.3 Å². The van der Waals surface area contributed by atoms with E-state index in [1.54, 1.807) is 12.1 Å². The van der Waals surface area contributed by atoms with Gasteiger partial charge in [0.05, 0.1) is 33.9 Å². The molecule has 1 aromatic carbocycles. The van der Waals surface area contributed by atoms with Crippen molar-refractivity contribution < 1.29 is 19.0 Å². The van der Waals surface area contributed by atoms with Gasteiger partial charge in [-0.1, -0.05) is 0 Å². The molecule has 6 heteroatoms. The van der Waals surface area contributed by atoms with Crippen molar-refractivity contribution in [3.05, 3.63) is 17.7 Å². The van der Waals surface area contributed by atoms with Gasteiger partial charge in [-0.15, -0.1) is 0 Å². The van der Waals surface area contributed by atoms with Crippen LogP contribution >= 0.6 is 0 Å². The lowest BCUT2D eigenvalue weighted by molar-refractivity contribution is 0.0878. The molecule has 1 aromatic rings. The number of carbonyl (C=O) groups is 1. The SMILES string of the molecule is COc1cc(C(=O)N2CC2C#N)cc(OC)c1OC. The van der Waals surface area contributed by atoms with E-state index in [4.69, 9.17) is 19.5 Å². The fraction of sp³-hybridized carbons (Fsp3) is 0.385. The van der Waals surface area contributed by atoms with Crippen molar-refractivity contribution >= 4 is 5.91 Å². The van der Waals surface area contributed by atoms with Gasteiger partial charge in [-0.05, 0) is 12.1 Å². The molecule has 0 saturated carbocycles. The molecule has 1 atom stereocenters. The van der Waals surface area contributed by atoms with Crippen molar-refractivity contribution in [1.29, 1.82) is 5.26 Å². The minimum absolute atomic E-state index is 0.217. The van der Waals surface area contributed by atoms with Gasteiger partial charge in [-0.3, -0.25) is 4.79 Å². The van der Waals surface area contributed by atoms with E-state index in [9.17, 15) is 4.79 Å². The van der Waals surface area contributed by atoms with Gasteiger partial charge in [0.2, 0.25) is 5.75 Å². The first-order valence-electron chi connectivity index (χ1n) is 5.66. The fourth-order valence-corrected chi connectivity index (χ4v) is 1.84. The summed E-state index contributed by atoms with van der Waals surface area (Å²) in [7, 11) is 4.47. The van der Waals surface area contributed by atoms with Crippen LogP contribution in [0.4, 0.5) is 0 Å². The summed E-state index contributed by atoms with van der Waals surface area (Å²) in [6.07, 6.45) is 0. The Balaban J connectivity index is 2.37. The molecule has 19 heavy (non-hydrogen) atoms. The molecule has 0 radical (unpaired) electrons. The van der Waals surface area contributed by atoms with E-state index in [0.29, 0.717) is 29.4 Å². The van der Waals surface area contributed by atoms with E-state index in [0.717, 1.165) is 0 Å². The second-order valence-electron chi connectivity index (χ2n) is 4.02. The molecule has 0 spiro atoms. The normalized spacial score (nSPS) is 16.5. The number of hydrogen-bond donors (Lipinski definition) is 0. The number of nitrogens with zero attached hydrogens (tertiary/aromatic N) is 2. The van der Waals surface area contributed by atoms with E-state index in [1.165, 1.54) is 26.2 Å². The molecular weight excluding hydrogens is 248 g/mol. The van der Waals surface area contributed by atoms with Crippen molar-refractivity contribution in [3.63, 3.8) is 0 Å². The van der Waals surface area contributed by atoms with Gasteiger partial charge in [0.1, 0.15) is 6.04 Å². The third-order valence-corrected chi connectivity index (χ3v) is 2.93. The molecule has 1 aliphatic rings. The Hall–Kier alpha value is -2.42. The highest BCUT2D eigenvalue weighted by atomic mass is 16.5. The second-order valence-corrected chi connectivity index (χ2v) is 4.02. The molecule has 1 fully saturated rings. The first-order chi connectivity index (χ1) is 9.15. The van der Waals surface area contributed by atoms with Crippen molar-refractivity contribution in [2.75, 3.05) is 27.9 Å². The molecule has 0 bridgehead atoms. The number of carbonyl (C=O) groups excluding carboxylic acids is 1. The van der Waals surface area contributed by atoms with Crippen LogP contribution in [-0.4, -0.2) is 44.7 Å². The highest BCUT2D eigenvalue weighted by Gasteiger charge is 2.39. The van der Waals surface area contributed by atoms with Crippen molar-refractivity contribution in [3.8, 4) is 23.3 Å². The number of nitriles is 1. The van der Waals surface area contributed by atoms with Gasteiger partial charge >= 0.3 is 0 Å². The molecule has 6 nitrogen and oxygen atoms in total. The predicted molar refractivity (Wildman–Crippen MR) is 66.5 cm³/mol. The van der Waals surface area contributed by atoms with E-state index in [1.807, 2.05) is 6.07 Å². The van der Waals surface area contributed by atoms with Gasteiger partial charge < -0.3 is 19.1 Å². The Labute approximate surface area is 111 Å². The van der Waals surface area contributed by atoms with Gasteiger partial charge in [-0.25, -0.2) is 0 Å². The van der Waals surface area contributed by atoms with Crippen molar-refractivity contribution in [2.45, 2.75) is 6.04 Å². The Morgan fingerprint density at radius 3 is 2.21 bits per heavy atom. The predicted octanol–water partition coefficient (Wildman–Crippen LogP) is 1.06. The number of benzene rings is 1. The smallest absolute Gasteiger partial charge is 0.255 e. The summed E-state index contributed by atoms with van der Waals surface area (Å²) in [5.41, 5.74) is 0.409. The summed E-state index contributed by atoms with van der Waals surface area (Å²) in [5, 5.41) is 8.74. The third kappa shape index (κ3) is 2.27. The summed E-state index contributed by atoms with van der Waals surface area (Å²) in [6.45, 7) is 0.464. The van der Waals surface area contributed by atoms with Crippen LogP contribution in [0.15, 0.2) is 12.1 Å². The molecule has 0 aromatic heterocycles. The van der Waals surface area contributed by atoms with Gasteiger partial charge in [0.25, 0.3) is 5.91 Å². The Bertz CT molecular complexity index is 525. The number of rotatable bonds is 4. The first kappa shape index (κ1) is 13.0. The maximum absolute atomic E-state index is 12.1. The quantitative estimate of drug-likeness (QED) is 0.759. The first-order valence-corrected chi connectivity index (χ1v) is 5.66.